The molecule has 2 amide bonds. The third-order valence-electron chi connectivity index (χ3n) is 3.19. The number of carboxylic acids is 1. The van der Waals surface area contributed by atoms with E-state index in [1.165, 1.54) is 4.90 Å². The van der Waals surface area contributed by atoms with Gasteiger partial charge in [-0.25, -0.2) is 9.59 Å². The lowest BCUT2D eigenvalue weighted by atomic mass is 10.2. The van der Waals surface area contributed by atoms with E-state index in [-0.39, 0.29) is 6.03 Å². The number of amides is 2. The quantitative estimate of drug-likeness (QED) is 0.878. The van der Waals surface area contributed by atoms with E-state index in [1.807, 2.05) is 17.7 Å². The number of nitrogens with zero attached hydrogens (tertiary/aromatic N) is 1. The van der Waals surface area contributed by atoms with Gasteiger partial charge in [0.2, 0.25) is 0 Å². The van der Waals surface area contributed by atoms with Crippen molar-refractivity contribution in [1.82, 2.24) is 10.2 Å². The fraction of sp³-hybridized carbons (Fsp3) is 0.500. The number of carbonyl (C=O) groups is 2. The Balaban J connectivity index is 1.92. The number of nitrogens with one attached hydrogen (secondary N) is 1. The van der Waals surface area contributed by atoms with Crippen molar-refractivity contribution in [3.8, 4) is 0 Å². The Bertz CT molecular complexity index is 458. The molecule has 2 heterocycles. The molecular formula is C12H16N2O3S. The molecule has 1 unspecified atom stereocenters. The number of carboxylic acid groups (broad SMARTS) is 1. The maximum atomic E-state index is 11.9. The maximum Gasteiger partial charge on any atom is 0.326 e. The van der Waals surface area contributed by atoms with Crippen LogP contribution in [-0.2, 0) is 11.3 Å². The number of hydrogen-bond donors (Lipinski definition) is 2. The Morgan fingerprint density at radius 2 is 2.33 bits per heavy atom. The van der Waals surface area contributed by atoms with Gasteiger partial charge in [0, 0.05) is 13.1 Å². The van der Waals surface area contributed by atoms with Gasteiger partial charge in [-0.3, -0.25) is 0 Å². The normalized spacial score (nSPS) is 18.9. The smallest absolute Gasteiger partial charge is 0.326 e. The minimum Gasteiger partial charge on any atom is -0.480 e. The first-order valence-corrected chi connectivity index (χ1v) is 6.83. The monoisotopic (exact) mass is 268 g/mol. The molecule has 6 heteroatoms. The molecule has 5 nitrogen and oxygen atoms in total. The standard InChI is InChI=1S/C12H16N2O3S/c1-8-6-18-7-9(8)5-13-12(17)14-4-2-3-10(14)11(15)16/h6-7,10H,2-5H2,1H3,(H,13,17)(H,15,16). The molecule has 0 aliphatic carbocycles. The summed E-state index contributed by atoms with van der Waals surface area (Å²) in [5, 5.41) is 15.8. The topological polar surface area (TPSA) is 69.6 Å². The van der Waals surface area contributed by atoms with Gasteiger partial charge in [0.25, 0.3) is 0 Å². The fourth-order valence-corrected chi connectivity index (χ4v) is 2.96. The lowest BCUT2D eigenvalue weighted by Crippen LogP contribution is -2.45. The molecule has 1 aliphatic heterocycles. The van der Waals surface area contributed by atoms with E-state index in [0.29, 0.717) is 19.5 Å². The van der Waals surface area contributed by atoms with E-state index in [1.54, 1.807) is 11.3 Å². The zero-order valence-corrected chi connectivity index (χ0v) is 11.0. The molecule has 1 aliphatic rings. The van der Waals surface area contributed by atoms with Crippen LogP contribution in [0.25, 0.3) is 0 Å². The van der Waals surface area contributed by atoms with Gasteiger partial charge in [-0.15, -0.1) is 0 Å². The molecule has 1 saturated heterocycles. The molecule has 0 bridgehead atoms. The summed E-state index contributed by atoms with van der Waals surface area (Å²) in [6.45, 7) is 2.97. The summed E-state index contributed by atoms with van der Waals surface area (Å²) in [6, 6.07) is -0.959. The number of hydrogen-bond acceptors (Lipinski definition) is 3. The molecule has 1 fully saturated rings. The molecule has 1 aromatic heterocycles. The van der Waals surface area contributed by atoms with Gasteiger partial charge in [0.05, 0.1) is 0 Å². The third-order valence-corrected chi connectivity index (χ3v) is 4.10. The molecule has 0 saturated carbocycles. The highest BCUT2D eigenvalue weighted by molar-refractivity contribution is 7.08. The van der Waals surface area contributed by atoms with Crippen molar-refractivity contribution in [3.63, 3.8) is 0 Å². The summed E-state index contributed by atoms with van der Waals surface area (Å²) >= 11 is 1.60. The van der Waals surface area contributed by atoms with Crippen molar-refractivity contribution in [3.05, 3.63) is 21.9 Å². The lowest BCUT2D eigenvalue weighted by Gasteiger charge is -2.21. The fourth-order valence-electron chi connectivity index (χ4n) is 2.11. The summed E-state index contributed by atoms with van der Waals surface area (Å²) in [5.41, 5.74) is 2.23. The van der Waals surface area contributed by atoms with Crippen molar-refractivity contribution in [1.29, 1.82) is 0 Å². The zero-order chi connectivity index (χ0) is 13.1. The van der Waals surface area contributed by atoms with Crippen LogP contribution in [0.1, 0.15) is 24.0 Å². The van der Waals surface area contributed by atoms with Gasteiger partial charge in [-0.05, 0) is 41.7 Å². The first-order valence-electron chi connectivity index (χ1n) is 5.88. The predicted octanol–water partition coefficient (Wildman–Crippen LogP) is 1.82. The van der Waals surface area contributed by atoms with E-state index >= 15 is 0 Å². The molecule has 2 rings (SSSR count). The molecule has 18 heavy (non-hydrogen) atoms. The van der Waals surface area contributed by atoms with Crippen LogP contribution in [0.4, 0.5) is 4.79 Å². The average Bonchev–Trinajstić information content (AvgIpc) is 2.94. The maximum absolute atomic E-state index is 11.9. The Morgan fingerprint density at radius 1 is 1.56 bits per heavy atom. The first-order chi connectivity index (χ1) is 8.59. The molecular weight excluding hydrogens is 252 g/mol. The Labute approximate surface area is 109 Å². The molecule has 0 aromatic carbocycles. The number of aliphatic carboxylic acids is 1. The van der Waals surface area contributed by atoms with Gasteiger partial charge in [-0.2, -0.15) is 11.3 Å². The van der Waals surface area contributed by atoms with E-state index in [0.717, 1.165) is 17.5 Å². The second kappa shape index (κ2) is 5.39. The highest BCUT2D eigenvalue weighted by atomic mass is 32.1. The number of aryl methyl sites for hydroxylation is 1. The minimum atomic E-state index is -0.922. The lowest BCUT2D eigenvalue weighted by molar-refractivity contribution is -0.141. The largest absolute Gasteiger partial charge is 0.480 e. The summed E-state index contributed by atoms with van der Waals surface area (Å²) in [4.78, 5) is 24.3. The summed E-state index contributed by atoms with van der Waals surface area (Å²) < 4.78 is 0. The third kappa shape index (κ3) is 2.64. The minimum absolute atomic E-state index is 0.287. The van der Waals surface area contributed by atoms with E-state index in [4.69, 9.17) is 5.11 Å². The van der Waals surface area contributed by atoms with E-state index in [9.17, 15) is 9.59 Å². The van der Waals surface area contributed by atoms with Crippen LogP contribution in [0, 0.1) is 6.92 Å². The van der Waals surface area contributed by atoms with Crippen molar-refractivity contribution in [2.24, 2.45) is 0 Å². The summed E-state index contributed by atoms with van der Waals surface area (Å²) in [7, 11) is 0. The van der Waals surface area contributed by atoms with Gasteiger partial charge in [0.1, 0.15) is 6.04 Å². The second-order valence-corrected chi connectivity index (χ2v) is 5.17. The first kappa shape index (κ1) is 12.9. The van der Waals surface area contributed by atoms with Crippen molar-refractivity contribution >= 4 is 23.3 Å². The van der Waals surface area contributed by atoms with Crippen molar-refractivity contribution < 1.29 is 14.7 Å². The number of urea groups is 1. The predicted molar refractivity (Wildman–Crippen MR) is 68.7 cm³/mol. The Morgan fingerprint density at radius 3 is 2.94 bits per heavy atom. The molecule has 98 valence electrons. The Hall–Kier alpha value is -1.56. The van der Waals surface area contributed by atoms with Crippen LogP contribution in [0.15, 0.2) is 10.8 Å². The van der Waals surface area contributed by atoms with Crippen LogP contribution in [-0.4, -0.2) is 34.6 Å². The molecule has 0 spiro atoms. The molecule has 1 aromatic rings. The summed E-state index contributed by atoms with van der Waals surface area (Å²) in [5.74, 6) is -0.922. The van der Waals surface area contributed by atoms with Crippen molar-refractivity contribution in [2.75, 3.05) is 6.54 Å². The second-order valence-electron chi connectivity index (χ2n) is 4.43. The molecule has 2 N–H and O–H groups in total. The average molecular weight is 268 g/mol. The van der Waals surface area contributed by atoms with Gasteiger partial charge in [-0.1, -0.05) is 0 Å². The van der Waals surface area contributed by atoms with Gasteiger partial charge in [0.15, 0.2) is 0 Å². The highest BCUT2D eigenvalue weighted by Crippen LogP contribution is 2.18. The zero-order valence-electron chi connectivity index (χ0n) is 10.2. The van der Waals surface area contributed by atoms with Crippen LogP contribution in [0.5, 0.6) is 0 Å². The van der Waals surface area contributed by atoms with Crippen LogP contribution < -0.4 is 5.32 Å². The number of likely N-dealkylation sites (tertiary alicyclic amines) is 1. The SMILES string of the molecule is Cc1cscc1CNC(=O)N1CCCC1C(=O)O. The summed E-state index contributed by atoms with van der Waals surface area (Å²) in [6.07, 6.45) is 1.29. The van der Waals surface area contributed by atoms with Crippen LogP contribution >= 0.6 is 11.3 Å². The van der Waals surface area contributed by atoms with E-state index in [2.05, 4.69) is 5.32 Å². The Kier molecular flexibility index (Phi) is 3.86. The van der Waals surface area contributed by atoms with Crippen LogP contribution in [0.3, 0.4) is 0 Å². The number of rotatable bonds is 3. The highest BCUT2D eigenvalue weighted by Gasteiger charge is 2.33. The number of carbonyl (C=O) groups excluding carboxylic acids is 1. The van der Waals surface area contributed by atoms with Gasteiger partial charge < -0.3 is 15.3 Å². The van der Waals surface area contributed by atoms with Crippen molar-refractivity contribution in [2.45, 2.75) is 32.4 Å². The molecule has 0 radical (unpaired) electrons. The van der Waals surface area contributed by atoms with E-state index < -0.39 is 12.0 Å². The van der Waals surface area contributed by atoms with Gasteiger partial charge >= 0.3 is 12.0 Å². The van der Waals surface area contributed by atoms with Crippen LogP contribution in [0.2, 0.25) is 0 Å². The number of thiophene rings is 1. The molecule has 1 atom stereocenters.